The summed E-state index contributed by atoms with van der Waals surface area (Å²) in [5.74, 6) is 0. The van der Waals surface area contributed by atoms with E-state index >= 15 is 0 Å². The van der Waals surface area contributed by atoms with Crippen LogP contribution in [-0.2, 0) is 17.6 Å². The number of ether oxygens (including phenoxy) is 1. The monoisotopic (exact) mass is 225 g/mol. The first kappa shape index (κ1) is 11.1. The fraction of sp³-hybridized carbons (Fsp3) is 0.667. The summed E-state index contributed by atoms with van der Waals surface area (Å²) >= 11 is 1.92. The number of nitrogens with two attached hydrogens (primary N) is 1. The van der Waals surface area contributed by atoms with E-state index in [1.165, 1.54) is 24.1 Å². The average Bonchev–Trinajstić information content (AvgIpc) is 2.76. The third-order valence-electron chi connectivity index (χ3n) is 2.99. The molecular formula is C12H19NOS. The smallest absolute Gasteiger partial charge is 0.0462 e. The minimum atomic E-state index is 0.218. The molecule has 0 spiro atoms. The summed E-state index contributed by atoms with van der Waals surface area (Å²) in [6.45, 7) is 0.818. The van der Waals surface area contributed by atoms with Crippen LogP contribution in [0.2, 0.25) is 0 Å². The highest BCUT2D eigenvalue weighted by atomic mass is 32.1. The zero-order valence-electron chi connectivity index (χ0n) is 9.29. The van der Waals surface area contributed by atoms with Crippen LogP contribution in [0.15, 0.2) is 6.07 Å². The van der Waals surface area contributed by atoms with Crippen molar-refractivity contribution in [1.82, 2.24) is 0 Å². The number of fused-ring (bicyclic) bond motifs is 1. The number of thiophene rings is 1. The molecule has 2 nitrogen and oxygen atoms in total. The lowest BCUT2D eigenvalue weighted by Gasteiger charge is -2.08. The Kier molecular flexibility index (Phi) is 3.78. The van der Waals surface area contributed by atoms with Crippen molar-refractivity contribution in [3.05, 3.63) is 21.4 Å². The van der Waals surface area contributed by atoms with Crippen LogP contribution in [-0.4, -0.2) is 13.7 Å². The van der Waals surface area contributed by atoms with E-state index < -0.39 is 0 Å². The third kappa shape index (κ3) is 2.60. The minimum Gasteiger partial charge on any atom is -0.385 e. The van der Waals surface area contributed by atoms with Crippen LogP contribution in [0.3, 0.4) is 0 Å². The molecule has 2 N–H and O–H groups in total. The van der Waals surface area contributed by atoms with Crippen LogP contribution in [0.25, 0.3) is 0 Å². The highest BCUT2D eigenvalue weighted by molar-refractivity contribution is 7.12. The summed E-state index contributed by atoms with van der Waals surface area (Å²) < 4.78 is 5.04. The van der Waals surface area contributed by atoms with Crippen molar-refractivity contribution in [3.63, 3.8) is 0 Å². The first-order valence-electron chi connectivity index (χ1n) is 5.67. The van der Waals surface area contributed by atoms with Gasteiger partial charge in [-0.1, -0.05) is 0 Å². The molecule has 2 rings (SSSR count). The molecule has 0 aliphatic heterocycles. The van der Waals surface area contributed by atoms with Crippen molar-refractivity contribution in [2.24, 2.45) is 5.73 Å². The SMILES string of the molecule is COCCCC(N)c1cc2c(s1)CCC2. The second-order valence-electron chi connectivity index (χ2n) is 4.19. The van der Waals surface area contributed by atoms with Gasteiger partial charge in [-0.25, -0.2) is 0 Å². The lowest BCUT2D eigenvalue weighted by Crippen LogP contribution is -2.09. The van der Waals surface area contributed by atoms with Gasteiger partial charge in [0.15, 0.2) is 0 Å². The van der Waals surface area contributed by atoms with Crippen LogP contribution in [0.4, 0.5) is 0 Å². The van der Waals surface area contributed by atoms with Crippen molar-refractivity contribution in [2.45, 2.75) is 38.1 Å². The van der Waals surface area contributed by atoms with Crippen LogP contribution in [0, 0.1) is 0 Å². The number of hydrogen-bond donors (Lipinski definition) is 1. The maximum atomic E-state index is 6.15. The Morgan fingerprint density at radius 1 is 1.53 bits per heavy atom. The Hall–Kier alpha value is -0.380. The lowest BCUT2D eigenvalue weighted by atomic mass is 10.1. The van der Waals surface area contributed by atoms with Gasteiger partial charge in [0, 0.05) is 29.5 Å². The number of methoxy groups -OCH3 is 1. The summed E-state index contributed by atoms with van der Waals surface area (Å²) in [7, 11) is 1.74. The summed E-state index contributed by atoms with van der Waals surface area (Å²) in [6.07, 6.45) is 5.95. The zero-order chi connectivity index (χ0) is 10.7. The molecule has 84 valence electrons. The van der Waals surface area contributed by atoms with Gasteiger partial charge in [0.05, 0.1) is 0 Å². The molecule has 0 bridgehead atoms. The van der Waals surface area contributed by atoms with Gasteiger partial charge in [-0.05, 0) is 43.7 Å². The molecule has 3 heteroatoms. The Morgan fingerprint density at radius 2 is 2.40 bits per heavy atom. The molecule has 1 aliphatic carbocycles. The molecule has 1 atom stereocenters. The fourth-order valence-electron chi connectivity index (χ4n) is 2.12. The summed E-state index contributed by atoms with van der Waals surface area (Å²) in [5.41, 5.74) is 7.70. The van der Waals surface area contributed by atoms with Gasteiger partial charge in [-0.2, -0.15) is 0 Å². The van der Waals surface area contributed by atoms with E-state index in [-0.39, 0.29) is 6.04 Å². The van der Waals surface area contributed by atoms with E-state index in [4.69, 9.17) is 10.5 Å². The topological polar surface area (TPSA) is 35.2 Å². The molecule has 0 aromatic carbocycles. The molecule has 0 saturated carbocycles. The van der Waals surface area contributed by atoms with Crippen molar-refractivity contribution < 1.29 is 4.74 Å². The van der Waals surface area contributed by atoms with E-state index in [0.29, 0.717) is 0 Å². The van der Waals surface area contributed by atoms with E-state index in [1.807, 2.05) is 11.3 Å². The van der Waals surface area contributed by atoms with Gasteiger partial charge in [-0.3, -0.25) is 0 Å². The molecule has 0 fully saturated rings. The molecule has 0 amide bonds. The van der Waals surface area contributed by atoms with Crippen LogP contribution in [0.5, 0.6) is 0 Å². The predicted octanol–water partition coefficient (Wildman–Crippen LogP) is 2.66. The molecule has 1 aromatic rings. The molecule has 0 saturated heterocycles. The predicted molar refractivity (Wildman–Crippen MR) is 64.4 cm³/mol. The fourth-order valence-corrected chi connectivity index (χ4v) is 3.42. The van der Waals surface area contributed by atoms with E-state index in [2.05, 4.69) is 6.07 Å². The molecule has 1 heterocycles. The van der Waals surface area contributed by atoms with Gasteiger partial charge in [0.1, 0.15) is 0 Å². The van der Waals surface area contributed by atoms with Gasteiger partial charge in [-0.15, -0.1) is 11.3 Å². The molecule has 1 aromatic heterocycles. The Balaban J connectivity index is 1.91. The zero-order valence-corrected chi connectivity index (χ0v) is 10.1. The van der Waals surface area contributed by atoms with Gasteiger partial charge in [0.2, 0.25) is 0 Å². The van der Waals surface area contributed by atoms with E-state index in [0.717, 1.165) is 19.4 Å². The summed E-state index contributed by atoms with van der Waals surface area (Å²) in [5, 5.41) is 0. The van der Waals surface area contributed by atoms with Crippen molar-refractivity contribution in [1.29, 1.82) is 0 Å². The molecule has 1 aliphatic rings. The standard InChI is InChI=1S/C12H19NOS/c1-14-7-3-5-10(13)12-8-9-4-2-6-11(9)15-12/h8,10H,2-7,13H2,1H3. The minimum absolute atomic E-state index is 0.218. The molecule has 15 heavy (non-hydrogen) atoms. The van der Waals surface area contributed by atoms with E-state index in [1.54, 1.807) is 17.6 Å². The number of rotatable bonds is 5. The maximum Gasteiger partial charge on any atom is 0.0462 e. The third-order valence-corrected chi connectivity index (χ3v) is 4.36. The highest BCUT2D eigenvalue weighted by Crippen LogP contribution is 2.34. The van der Waals surface area contributed by atoms with Crippen molar-refractivity contribution >= 4 is 11.3 Å². The largest absolute Gasteiger partial charge is 0.385 e. The van der Waals surface area contributed by atoms with Gasteiger partial charge in [0.25, 0.3) is 0 Å². The van der Waals surface area contributed by atoms with Gasteiger partial charge < -0.3 is 10.5 Å². The first-order valence-corrected chi connectivity index (χ1v) is 6.49. The number of hydrogen-bond acceptors (Lipinski definition) is 3. The summed E-state index contributed by atoms with van der Waals surface area (Å²) in [6, 6.07) is 2.54. The molecule has 0 radical (unpaired) electrons. The van der Waals surface area contributed by atoms with Crippen LogP contribution in [0.1, 0.15) is 40.6 Å². The normalized spacial score (nSPS) is 16.7. The molecule has 1 unspecified atom stereocenters. The van der Waals surface area contributed by atoms with Crippen molar-refractivity contribution in [2.75, 3.05) is 13.7 Å². The Morgan fingerprint density at radius 3 is 3.13 bits per heavy atom. The summed E-state index contributed by atoms with van der Waals surface area (Å²) in [4.78, 5) is 2.95. The lowest BCUT2D eigenvalue weighted by molar-refractivity contribution is 0.190. The second kappa shape index (κ2) is 5.10. The molecular weight excluding hydrogens is 206 g/mol. The number of aryl methyl sites for hydroxylation is 2. The second-order valence-corrected chi connectivity index (χ2v) is 5.36. The quantitative estimate of drug-likeness (QED) is 0.782. The highest BCUT2D eigenvalue weighted by Gasteiger charge is 2.17. The first-order chi connectivity index (χ1) is 7.31. The van der Waals surface area contributed by atoms with Crippen LogP contribution < -0.4 is 5.73 Å². The van der Waals surface area contributed by atoms with E-state index in [9.17, 15) is 0 Å². The Bertz CT molecular complexity index is 300. The van der Waals surface area contributed by atoms with Gasteiger partial charge >= 0.3 is 0 Å². The Labute approximate surface area is 95.4 Å². The van der Waals surface area contributed by atoms with Crippen molar-refractivity contribution in [3.8, 4) is 0 Å². The average molecular weight is 225 g/mol. The maximum absolute atomic E-state index is 6.15. The van der Waals surface area contributed by atoms with Crippen LogP contribution >= 0.6 is 11.3 Å².